The Morgan fingerprint density at radius 3 is 1.50 bits per heavy atom. The number of fused-ring (bicyclic) bond motifs is 2. The van der Waals surface area contributed by atoms with Crippen molar-refractivity contribution in [3.8, 4) is 0 Å². The first-order valence-electron chi connectivity index (χ1n) is 7.51. The first kappa shape index (κ1) is 11.7. The van der Waals surface area contributed by atoms with E-state index in [0.29, 0.717) is 0 Å². The van der Waals surface area contributed by atoms with Gasteiger partial charge in [-0.3, -0.25) is 0 Å². The molecule has 0 aliphatic heterocycles. The lowest BCUT2D eigenvalue weighted by atomic mass is 9.80. The molecule has 0 aromatic heterocycles. The van der Waals surface area contributed by atoms with E-state index >= 15 is 0 Å². The topological polar surface area (TPSA) is 0 Å². The van der Waals surface area contributed by atoms with E-state index in [-0.39, 0.29) is 0 Å². The van der Waals surface area contributed by atoms with Crippen LogP contribution in [-0.2, 0) is 12.8 Å². The van der Waals surface area contributed by atoms with Crippen LogP contribution in [0.3, 0.4) is 0 Å². The van der Waals surface area contributed by atoms with E-state index in [1.54, 1.807) is 0 Å². The van der Waals surface area contributed by atoms with Gasteiger partial charge in [-0.1, -0.05) is 60.7 Å². The summed E-state index contributed by atoms with van der Waals surface area (Å²) in [6.07, 6.45) is 9.52. The summed E-state index contributed by atoms with van der Waals surface area (Å²) in [5.41, 5.74) is 8.74. The van der Waals surface area contributed by atoms with Crippen molar-refractivity contribution in [1.29, 1.82) is 0 Å². The number of hydrogen-bond acceptors (Lipinski definition) is 0. The fraction of sp³-hybridized carbons (Fsp3) is 0.200. The molecule has 20 heavy (non-hydrogen) atoms. The van der Waals surface area contributed by atoms with Crippen molar-refractivity contribution in [3.63, 3.8) is 0 Å². The minimum atomic E-state index is 1.16. The predicted octanol–water partition coefficient (Wildman–Crippen LogP) is 5.05. The van der Waals surface area contributed by atoms with Gasteiger partial charge in [0.25, 0.3) is 0 Å². The van der Waals surface area contributed by atoms with Gasteiger partial charge in [0.05, 0.1) is 0 Å². The SMILES string of the molecule is C1=C(C2=CCCc3ccccc32)c2ccccc2CC1. The van der Waals surface area contributed by atoms with Gasteiger partial charge in [0.15, 0.2) is 0 Å². The molecule has 0 saturated heterocycles. The first-order valence-corrected chi connectivity index (χ1v) is 7.51. The summed E-state index contributed by atoms with van der Waals surface area (Å²) in [4.78, 5) is 0. The maximum atomic E-state index is 2.43. The summed E-state index contributed by atoms with van der Waals surface area (Å²) in [6.45, 7) is 0. The quantitative estimate of drug-likeness (QED) is 0.671. The number of rotatable bonds is 1. The van der Waals surface area contributed by atoms with Crippen LogP contribution in [0.1, 0.15) is 35.1 Å². The molecule has 2 aromatic rings. The van der Waals surface area contributed by atoms with Crippen LogP contribution in [0.4, 0.5) is 0 Å². The summed E-state index contributed by atoms with van der Waals surface area (Å²) in [5, 5.41) is 0. The summed E-state index contributed by atoms with van der Waals surface area (Å²) in [5.74, 6) is 0. The van der Waals surface area contributed by atoms with Crippen molar-refractivity contribution in [2.45, 2.75) is 25.7 Å². The first-order chi connectivity index (χ1) is 9.93. The van der Waals surface area contributed by atoms with Gasteiger partial charge < -0.3 is 0 Å². The minimum absolute atomic E-state index is 1.16. The third-order valence-electron chi connectivity index (χ3n) is 4.43. The molecule has 2 aliphatic rings. The zero-order chi connectivity index (χ0) is 13.4. The van der Waals surface area contributed by atoms with Gasteiger partial charge in [-0.15, -0.1) is 0 Å². The fourth-order valence-corrected chi connectivity index (χ4v) is 3.48. The molecule has 0 bridgehead atoms. The molecule has 0 heteroatoms. The van der Waals surface area contributed by atoms with E-state index in [9.17, 15) is 0 Å². The predicted molar refractivity (Wildman–Crippen MR) is 85.5 cm³/mol. The molecule has 0 radical (unpaired) electrons. The summed E-state index contributed by atoms with van der Waals surface area (Å²) in [7, 11) is 0. The average molecular weight is 258 g/mol. The van der Waals surface area contributed by atoms with Crippen LogP contribution in [0.25, 0.3) is 11.1 Å². The highest BCUT2D eigenvalue weighted by atomic mass is 14.2. The molecule has 0 atom stereocenters. The number of allylic oxidation sites excluding steroid dienone is 4. The third-order valence-corrected chi connectivity index (χ3v) is 4.43. The normalized spacial score (nSPS) is 16.8. The summed E-state index contributed by atoms with van der Waals surface area (Å²) >= 11 is 0. The van der Waals surface area contributed by atoms with Crippen LogP contribution in [0.2, 0.25) is 0 Å². The Balaban J connectivity index is 1.86. The largest absolute Gasteiger partial charge is 0.0757 e. The van der Waals surface area contributed by atoms with E-state index in [1.807, 2.05) is 0 Å². The second-order valence-electron chi connectivity index (χ2n) is 5.63. The van der Waals surface area contributed by atoms with E-state index in [2.05, 4.69) is 60.7 Å². The van der Waals surface area contributed by atoms with Gasteiger partial charge in [0.1, 0.15) is 0 Å². The standard InChI is InChI=1S/C20H18/c1-3-11-17-15(7-1)9-5-13-19(17)20-14-6-10-16-8-2-4-12-18(16)20/h1-4,7-8,11-14H,5-6,9-10H2. The van der Waals surface area contributed by atoms with Crippen molar-refractivity contribution in [2.75, 3.05) is 0 Å². The Kier molecular flexibility index (Phi) is 2.81. The zero-order valence-electron chi connectivity index (χ0n) is 11.6. The molecular weight excluding hydrogens is 240 g/mol. The fourth-order valence-electron chi connectivity index (χ4n) is 3.48. The van der Waals surface area contributed by atoms with Crippen LogP contribution in [0.15, 0.2) is 60.7 Å². The van der Waals surface area contributed by atoms with Crippen molar-refractivity contribution in [1.82, 2.24) is 0 Å². The van der Waals surface area contributed by atoms with Gasteiger partial charge in [0.2, 0.25) is 0 Å². The lowest BCUT2D eigenvalue weighted by molar-refractivity contribution is 0.967. The maximum Gasteiger partial charge on any atom is -0.0146 e. The Labute approximate surface area is 120 Å². The highest BCUT2D eigenvalue weighted by molar-refractivity contribution is 6.06. The summed E-state index contributed by atoms with van der Waals surface area (Å²) < 4.78 is 0. The van der Waals surface area contributed by atoms with Crippen LogP contribution in [-0.4, -0.2) is 0 Å². The van der Waals surface area contributed by atoms with E-state index in [4.69, 9.17) is 0 Å². The molecular formula is C20H18. The van der Waals surface area contributed by atoms with Gasteiger partial charge in [-0.2, -0.15) is 0 Å². The molecule has 0 nitrogen and oxygen atoms in total. The Bertz CT molecular complexity index is 653. The van der Waals surface area contributed by atoms with Gasteiger partial charge in [-0.25, -0.2) is 0 Å². The highest BCUT2D eigenvalue weighted by Gasteiger charge is 2.20. The molecule has 0 unspecified atom stereocenters. The second-order valence-corrected chi connectivity index (χ2v) is 5.63. The average Bonchev–Trinajstić information content (AvgIpc) is 2.54. The highest BCUT2D eigenvalue weighted by Crippen LogP contribution is 2.40. The lowest BCUT2D eigenvalue weighted by Crippen LogP contribution is -2.05. The molecule has 0 spiro atoms. The third kappa shape index (κ3) is 1.84. The lowest BCUT2D eigenvalue weighted by Gasteiger charge is -2.24. The van der Waals surface area contributed by atoms with E-state index in [0.717, 1.165) is 12.8 Å². The maximum absolute atomic E-state index is 2.43. The monoisotopic (exact) mass is 258 g/mol. The molecule has 0 N–H and O–H groups in total. The Morgan fingerprint density at radius 2 is 1.00 bits per heavy atom. The molecule has 0 amide bonds. The van der Waals surface area contributed by atoms with Crippen LogP contribution < -0.4 is 0 Å². The van der Waals surface area contributed by atoms with Crippen molar-refractivity contribution in [3.05, 3.63) is 82.9 Å². The van der Waals surface area contributed by atoms with Crippen molar-refractivity contribution >= 4 is 11.1 Å². The van der Waals surface area contributed by atoms with E-state index in [1.165, 1.54) is 46.2 Å². The van der Waals surface area contributed by atoms with Gasteiger partial charge >= 0.3 is 0 Å². The smallest absolute Gasteiger partial charge is 0.0146 e. The van der Waals surface area contributed by atoms with Crippen LogP contribution in [0.5, 0.6) is 0 Å². The van der Waals surface area contributed by atoms with Gasteiger partial charge in [-0.05, 0) is 59.1 Å². The number of hydrogen-bond donors (Lipinski definition) is 0. The van der Waals surface area contributed by atoms with Crippen LogP contribution in [0, 0.1) is 0 Å². The molecule has 2 aromatic carbocycles. The molecule has 2 aliphatic carbocycles. The van der Waals surface area contributed by atoms with Crippen molar-refractivity contribution in [2.24, 2.45) is 0 Å². The second kappa shape index (κ2) is 4.79. The Morgan fingerprint density at radius 1 is 0.550 bits per heavy atom. The number of benzene rings is 2. The molecule has 98 valence electrons. The van der Waals surface area contributed by atoms with Gasteiger partial charge in [0, 0.05) is 0 Å². The van der Waals surface area contributed by atoms with Crippen molar-refractivity contribution < 1.29 is 0 Å². The Hall–Kier alpha value is -2.08. The number of aryl methyl sites for hydroxylation is 2. The van der Waals surface area contributed by atoms with E-state index < -0.39 is 0 Å². The van der Waals surface area contributed by atoms with Crippen LogP contribution >= 0.6 is 0 Å². The summed E-state index contributed by atoms with van der Waals surface area (Å²) in [6, 6.07) is 17.7. The molecule has 0 heterocycles. The minimum Gasteiger partial charge on any atom is -0.0757 e. The molecule has 4 rings (SSSR count). The zero-order valence-corrected chi connectivity index (χ0v) is 11.6. The molecule has 0 saturated carbocycles. The molecule has 0 fully saturated rings.